The number of aromatic amines is 1. The maximum atomic E-state index is 13.1. The Morgan fingerprint density at radius 2 is 1.23 bits per heavy atom. The fourth-order valence-electron chi connectivity index (χ4n) is 3.66. The second kappa shape index (κ2) is 18.1. The van der Waals surface area contributed by atoms with Crippen molar-refractivity contribution in [1.29, 1.82) is 0 Å². The summed E-state index contributed by atoms with van der Waals surface area (Å²) >= 11 is 0. The van der Waals surface area contributed by atoms with E-state index in [1.165, 1.54) is 19.4 Å². The smallest absolute Gasteiger partial charge is 0.245 e. The molecule has 44 heavy (non-hydrogen) atoms. The van der Waals surface area contributed by atoms with Crippen molar-refractivity contribution < 1.29 is 48.9 Å². The standard InChI is InChI=1S/C25H41N9O10/c1-11(2)19(25(44)33-18(9-37)24(43)32-16(7-35)20(26)39)34-21(40)12(3)29-22(41)15(5-14-6-27-10-28-14)31-23(42)17(8-36)30-13(4)38/h6,10-12,15-19,35-37H,5,7-9H2,1-4H3,(H2,26,39)(H,27,28)(H,29,41)(H,30,38)(H,31,42)(H,32,43)(H,33,44)(H,34,40)/t12-,15-,16-,17-,18-,19-/m0/s1. The molecule has 1 heterocycles. The van der Waals surface area contributed by atoms with Crippen molar-refractivity contribution in [2.45, 2.75) is 70.4 Å². The number of carbonyl (C=O) groups excluding carboxylic acids is 7. The van der Waals surface area contributed by atoms with Gasteiger partial charge in [0.05, 0.1) is 26.1 Å². The van der Waals surface area contributed by atoms with E-state index in [4.69, 9.17) is 5.73 Å². The van der Waals surface area contributed by atoms with Crippen molar-refractivity contribution >= 4 is 41.4 Å². The van der Waals surface area contributed by atoms with Crippen LogP contribution in [-0.4, -0.2) is 123 Å². The summed E-state index contributed by atoms with van der Waals surface area (Å²) in [6, 6.07) is -8.14. The van der Waals surface area contributed by atoms with E-state index in [2.05, 4.69) is 41.9 Å². The highest BCUT2D eigenvalue weighted by Crippen LogP contribution is 2.05. The number of carbonyl (C=O) groups is 7. The van der Waals surface area contributed by atoms with Crippen LogP contribution in [0.3, 0.4) is 0 Å². The molecule has 0 fully saturated rings. The summed E-state index contributed by atoms with van der Waals surface area (Å²) in [5.41, 5.74) is 5.51. The van der Waals surface area contributed by atoms with E-state index in [1.54, 1.807) is 13.8 Å². The summed E-state index contributed by atoms with van der Waals surface area (Å²) in [7, 11) is 0. The number of aliphatic hydroxyl groups is 3. The number of nitrogens with one attached hydrogen (secondary N) is 7. The first-order valence-electron chi connectivity index (χ1n) is 13.5. The Balaban J connectivity index is 2.97. The van der Waals surface area contributed by atoms with Crippen LogP contribution in [0.5, 0.6) is 0 Å². The number of aromatic nitrogens is 2. The van der Waals surface area contributed by atoms with Crippen LogP contribution in [0, 0.1) is 5.92 Å². The lowest BCUT2D eigenvalue weighted by Gasteiger charge is -2.27. The topological polar surface area (TPSA) is 307 Å². The van der Waals surface area contributed by atoms with Crippen LogP contribution in [-0.2, 0) is 40.0 Å². The van der Waals surface area contributed by atoms with Gasteiger partial charge < -0.3 is 57.9 Å². The Morgan fingerprint density at radius 3 is 1.68 bits per heavy atom. The number of primary amides is 1. The second-order valence-corrected chi connectivity index (χ2v) is 10.1. The first kappa shape index (κ1) is 37.4. The van der Waals surface area contributed by atoms with Crippen LogP contribution in [0.4, 0.5) is 0 Å². The Labute approximate surface area is 252 Å². The van der Waals surface area contributed by atoms with Crippen molar-refractivity contribution in [3.8, 4) is 0 Å². The quantitative estimate of drug-likeness (QED) is 0.0728. The van der Waals surface area contributed by atoms with E-state index in [0.717, 1.165) is 6.92 Å². The molecule has 0 saturated carbocycles. The molecule has 1 rings (SSSR count). The van der Waals surface area contributed by atoms with Crippen molar-refractivity contribution in [1.82, 2.24) is 41.9 Å². The fraction of sp³-hybridized carbons (Fsp3) is 0.600. The molecule has 0 radical (unpaired) electrons. The first-order chi connectivity index (χ1) is 20.6. The molecule has 0 spiro atoms. The van der Waals surface area contributed by atoms with Crippen molar-refractivity contribution in [3.63, 3.8) is 0 Å². The summed E-state index contributed by atoms with van der Waals surface area (Å²) in [5, 5.41) is 42.1. The number of H-pyrrole nitrogens is 1. The van der Waals surface area contributed by atoms with E-state index < -0.39 is 103 Å². The molecule has 0 aliphatic carbocycles. The molecule has 6 atom stereocenters. The van der Waals surface area contributed by atoms with Gasteiger partial charge in [-0.3, -0.25) is 33.6 Å². The zero-order valence-electron chi connectivity index (χ0n) is 24.7. The van der Waals surface area contributed by atoms with Gasteiger partial charge in [-0.1, -0.05) is 13.8 Å². The van der Waals surface area contributed by atoms with Gasteiger partial charge in [-0.2, -0.15) is 0 Å². The maximum Gasteiger partial charge on any atom is 0.245 e. The van der Waals surface area contributed by atoms with Gasteiger partial charge >= 0.3 is 0 Å². The summed E-state index contributed by atoms with van der Waals surface area (Å²) in [6.45, 7) is 3.18. The molecule has 0 aromatic carbocycles. The number of nitrogens with zero attached hydrogens (tertiary/aromatic N) is 1. The normalized spacial score (nSPS) is 15.0. The Morgan fingerprint density at radius 1 is 0.727 bits per heavy atom. The van der Waals surface area contributed by atoms with Gasteiger partial charge in [-0.05, 0) is 12.8 Å². The molecule has 246 valence electrons. The summed E-state index contributed by atoms with van der Waals surface area (Å²) < 4.78 is 0. The van der Waals surface area contributed by atoms with E-state index in [9.17, 15) is 48.9 Å². The molecule has 7 amide bonds. The van der Waals surface area contributed by atoms with Gasteiger partial charge in [0.1, 0.15) is 36.3 Å². The largest absolute Gasteiger partial charge is 0.394 e. The third kappa shape index (κ3) is 11.9. The van der Waals surface area contributed by atoms with Crippen LogP contribution >= 0.6 is 0 Å². The van der Waals surface area contributed by atoms with Crippen molar-refractivity contribution in [3.05, 3.63) is 18.2 Å². The van der Waals surface area contributed by atoms with Gasteiger partial charge in [0.25, 0.3) is 0 Å². The Hall–Kier alpha value is -4.62. The monoisotopic (exact) mass is 627 g/mol. The average molecular weight is 628 g/mol. The number of aliphatic hydroxyl groups excluding tert-OH is 3. The average Bonchev–Trinajstić information content (AvgIpc) is 3.47. The van der Waals surface area contributed by atoms with Crippen molar-refractivity contribution in [2.75, 3.05) is 19.8 Å². The Kier molecular flexibility index (Phi) is 15.4. The number of imidazole rings is 1. The van der Waals surface area contributed by atoms with E-state index >= 15 is 0 Å². The number of amides is 7. The molecular weight excluding hydrogens is 586 g/mol. The van der Waals surface area contributed by atoms with Crippen LogP contribution in [0.25, 0.3) is 0 Å². The van der Waals surface area contributed by atoms with Gasteiger partial charge in [0.2, 0.25) is 41.4 Å². The molecule has 19 nitrogen and oxygen atoms in total. The molecule has 12 N–H and O–H groups in total. The third-order valence-corrected chi connectivity index (χ3v) is 6.15. The summed E-state index contributed by atoms with van der Waals surface area (Å²) in [6.07, 6.45) is 2.66. The van der Waals surface area contributed by atoms with Gasteiger partial charge in [0.15, 0.2) is 0 Å². The first-order valence-corrected chi connectivity index (χ1v) is 13.5. The van der Waals surface area contributed by atoms with Gasteiger partial charge in [-0.15, -0.1) is 0 Å². The predicted molar refractivity (Wildman–Crippen MR) is 151 cm³/mol. The van der Waals surface area contributed by atoms with Crippen LogP contribution in [0.2, 0.25) is 0 Å². The van der Waals surface area contributed by atoms with Gasteiger partial charge in [-0.25, -0.2) is 4.98 Å². The minimum atomic E-state index is -1.56. The molecule has 1 aromatic rings. The van der Waals surface area contributed by atoms with E-state index in [-0.39, 0.29) is 6.42 Å². The van der Waals surface area contributed by atoms with Crippen LogP contribution in [0.1, 0.15) is 33.4 Å². The lowest BCUT2D eigenvalue weighted by molar-refractivity contribution is -0.136. The molecular formula is C25H41N9O10. The lowest BCUT2D eigenvalue weighted by Crippen LogP contribution is -2.61. The third-order valence-electron chi connectivity index (χ3n) is 6.15. The zero-order chi connectivity index (χ0) is 33.6. The fourth-order valence-corrected chi connectivity index (χ4v) is 3.66. The number of rotatable bonds is 18. The lowest BCUT2D eigenvalue weighted by atomic mass is 10.0. The second-order valence-electron chi connectivity index (χ2n) is 10.1. The minimum absolute atomic E-state index is 0.0986. The molecule has 0 saturated heterocycles. The summed E-state index contributed by atoms with van der Waals surface area (Å²) in [5.74, 6) is -6.56. The molecule has 0 aliphatic rings. The van der Waals surface area contributed by atoms with Crippen molar-refractivity contribution in [2.24, 2.45) is 11.7 Å². The Bertz CT molecular complexity index is 1160. The predicted octanol–water partition coefficient (Wildman–Crippen LogP) is -5.98. The highest BCUT2D eigenvalue weighted by atomic mass is 16.3. The molecule has 0 unspecified atom stereocenters. The maximum absolute atomic E-state index is 13.1. The van der Waals surface area contributed by atoms with E-state index in [1.807, 2.05) is 0 Å². The molecule has 1 aromatic heterocycles. The van der Waals surface area contributed by atoms with Crippen LogP contribution < -0.4 is 37.6 Å². The SMILES string of the molecule is CC(=O)N[C@@H](CO)C(=O)N[C@@H](Cc1cnc[nH]1)C(=O)N[C@@H](C)C(=O)N[C@H](C(=O)N[C@@H](CO)C(=O)N[C@@H](CO)C(N)=O)C(C)C. The number of hydrogen-bond donors (Lipinski definition) is 11. The van der Waals surface area contributed by atoms with E-state index in [0.29, 0.717) is 5.69 Å². The minimum Gasteiger partial charge on any atom is -0.394 e. The number of hydrogen-bond acceptors (Lipinski definition) is 11. The van der Waals surface area contributed by atoms with Crippen LogP contribution in [0.15, 0.2) is 12.5 Å². The zero-order valence-corrected chi connectivity index (χ0v) is 24.7. The molecule has 0 bridgehead atoms. The summed E-state index contributed by atoms with van der Waals surface area (Å²) in [4.78, 5) is 93.4. The van der Waals surface area contributed by atoms with Gasteiger partial charge in [0, 0.05) is 25.2 Å². The molecule has 0 aliphatic heterocycles. The highest BCUT2D eigenvalue weighted by molar-refractivity contribution is 5.97. The highest BCUT2D eigenvalue weighted by Gasteiger charge is 2.33. The molecule has 19 heteroatoms. The number of nitrogens with two attached hydrogens (primary N) is 1.